The predicted octanol–water partition coefficient (Wildman–Crippen LogP) is 1.29. The van der Waals surface area contributed by atoms with E-state index in [-0.39, 0.29) is 46.7 Å². The van der Waals surface area contributed by atoms with Crippen molar-refractivity contribution in [3.63, 3.8) is 0 Å². The van der Waals surface area contributed by atoms with E-state index in [1.807, 2.05) is 0 Å². The van der Waals surface area contributed by atoms with Crippen molar-refractivity contribution in [2.75, 3.05) is 0 Å². The zero-order valence-corrected chi connectivity index (χ0v) is 13.6. The number of imide groups is 1. The molecule has 1 aromatic rings. The molecule has 8 heteroatoms. The number of non-ortho nitro benzene ring substituents is 1. The Kier molecular flexibility index (Phi) is 2.93. The first-order valence-corrected chi connectivity index (χ1v) is 8.59. The lowest BCUT2D eigenvalue weighted by Gasteiger charge is -2.37. The Labute approximate surface area is 148 Å². The molecule has 0 unspecified atom stereocenters. The van der Waals surface area contributed by atoms with Gasteiger partial charge in [0.15, 0.2) is 0 Å². The molecule has 3 amide bonds. The highest BCUT2D eigenvalue weighted by atomic mass is 16.6. The highest BCUT2D eigenvalue weighted by Crippen LogP contribution is 2.65. The van der Waals surface area contributed by atoms with Crippen LogP contribution in [0.1, 0.15) is 16.8 Å². The number of nitrogens with one attached hydrogen (secondary N) is 1. The highest BCUT2D eigenvalue weighted by molar-refractivity contribution is 6.08. The largest absolute Gasteiger partial charge is 0.272 e. The van der Waals surface area contributed by atoms with Crippen molar-refractivity contribution in [1.29, 1.82) is 0 Å². The van der Waals surface area contributed by atoms with E-state index in [0.717, 1.165) is 11.4 Å². The summed E-state index contributed by atoms with van der Waals surface area (Å²) in [6.45, 7) is 0. The molecule has 132 valence electrons. The molecule has 1 aromatic carbocycles. The molecule has 1 heterocycles. The third kappa shape index (κ3) is 1.92. The number of hydrazine groups is 1. The van der Waals surface area contributed by atoms with Gasteiger partial charge in [0, 0.05) is 17.7 Å². The first-order valence-electron chi connectivity index (χ1n) is 8.59. The van der Waals surface area contributed by atoms with E-state index in [1.54, 1.807) is 0 Å². The van der Waals surface area contributed by atoms with Crippen LogP contribution < -0.4 is 5.43 Å². The standard InChI is InChI=1S/C18H15N3O5/c22-16(8-1-3-9(4-2-8)21(25)26)19-20-17(23)14-10-5-6-11(13-7-12(10)13)15(14)18(20)24/h1-6,10-15H,7H2,(H,19,22)/t10-,11-,12-,13+,14-,15+/m0/s1. The second kappa shape index (κ2) is 5.00. The van der Waals surface area contributed by atoms with Gasteiger partial charge in [-0.1, -0.05) is 12.2 Å². The van der Waals surface area contributed by atoms with Gasteiger partial charge in [0.05, 0.1) is 16.8 Å². The van der Waals surface area contributed by atoms with Gasteiger partial charge in [0.1, 0.15) is 0 Å². The molecule has 0 radical (unpaired) electrons. The van der Waals surface area contributed by atoms with E-state index in [9.17, 15) is 24.5 Å². The summed E-state index contributed by atoms with van der Waals surface area (Å²) in [6, 6.07) is 5.01. The van der Waals surface area contributed by atoms with Gasteiger partial charge in [-0.05, 0) is 42.2 Å². The SMILES string of the molecule is O=C(NN1C(=O)[C@@H]2[C@H]3C=C[C@@H]([C@@H]4C[C@H]34)[C@@H]2C1=O)c1ccc([N+](=O)[O-])cc1. The quantitative estimate of drug-likeness (QED) is 0.381. The van der Waals surface area contributed by atoms with E-state index in [0.29, 0.717) is 11.8 Å². The zero-order chi connectivity index (χ0) is 18.2. The number of carbonyl (C=O) groups excluding carboxylic acids is 3. The molecule has 6 rings (SSSR count). The molecule has 0 aromatic heterocycles. The summed E-state index contributed by atoms with van der Waals surface area (Å²) in [5.74, 6) is -0.912. The molecule has 1 aliphatic heterocycles. The first kappa shape index (κ1) is 15.2. The van der Waals surface area contributed by atoms with Crippen molar-refractivity contribution in [2.45, 2.75) is 6.42 Å². The predicted molar refractivity (Wildman–Crippen MR) is 87.1 cm³/mol. The van der Waals surface area contributed by atoms with Crippen LogP contribution in [0.2, 0.25) is 0 Å². The maximum Gasteiger partial charge on any atom is 0.270 e. The van der Waals surface area contributed by atoms with Crippen LogP contribution in [-0.2, 0) is 9.59 Å². The van der Waals surface area contributed by atoms with Crippen LogP contribution in [0.5, 0.6) is 0 Å². The Hall–Kier alpha value is -3.03. The Morgan fingerprint density at radius 3 is 2.08 bits per heavy atom. The number of carbonyl (C=O) groups is 3. The molecular formula is C18H15N3O5. The number of nitro benzene ring substituents is 1. The summed E-state index contributed by atoms with van der Waals surface area (Å²) >= 11 is 0. The van der Waals surface area contributed by atoms with Gasteiger partial charge in [-0.25, -0.2) is 0 Å². The summed E-state index contributed by atoms with van der Waals surface area (Å²) in [6.07, 6.45) is 5.20. The minimum atomic E-state index is -0.634. The monoisotopic (exact) mass is 353 g/mol. The molecule has 5 aliphatic rings. The first-order chi connectivity index (χ1) is 12.5. The minimum Gasteiger partial charge on any atom is -0.272 e. The second-order valence-electron chi connectivity index (χ2n) is 7.41. The van der Waals surface area contributed by atoms with Crippen LogP contribution in [0.3, 0.4) is 0 Å². The zero-order valence-electron chi connectivity index (χ0n) is 13.6. The van der Waals surface area contributed by atoms with Crippen molar-refractivity contribution < 1.29 is 19.3 Å². The van der Waals surface area contributed by atoms with Gasteiger partial charge in [0.2, 0.25) is 0 Å². The number of hydrogen-bond acceptors (Lipinski definition) is 5. The van der Waals surface area contributed by atoms with Gasteiger partial charge in [-0.15, -0.1) is 0 Å². The lowest BCUT2D eigenvalue weighted by molar-refractivity contribution is -0.384. The van der Waals surface area contributed by atoms with Gasteiger partial charge >= 0.3 is 0 Å². The van der Waals surface area contributed by atoms with E-state index >= 15 is 0 Å². The molecule has 26 heavy (non-hydrogen) atoms. The van der Waals surface area contributed by atoms with E-state index in [4.69, 9.17) is 0 Å². The Balaban J connectivity index is 1.37. The lowest BCUT2D eigenvalue weighted by atomic mass is 9.63. The molecule has 4 aliphatic carbocycles. The molecule has 8 nitrogen and oxygen atoms in total. The van der Waals surface area contributed by atoms with Crippen LogP contribution in [0.25, 0.3) is 0 Å². The molecule has 6 atom stereocenters. The van der Waals surface area contributed by atoms with Crippen molar-refractivity contribution in [1.82, 2.24) is 10.4 Å². The van der Waals surface area contributed by atoms with Crippen molar-refractivity contribution >= 4 is 23.4 Å². The van der Waals surface area contributed by atoms with Gasteiger partial charge in [-0.3, -0.25) is 29.9 Å². The topological polar surface area (TPSA) is 110 Å². The van der Waals surface area contributed by atoms with Crippen LogP contribution in [0.15, 0.2) is 36.4 Å². The number of rotatable bonds is 3. The molecule has 1 N–H and O–H groups in total. The Bertz CT molecular complexity index is 857. The fraction of sp³-hybridized carbons (Fsp3) is 0.389. The van der Waals surface area contributed by atoms with Crippen LogP contribution in [0, 0.1) is 45.6 Å². The number of nitro groups is 1. The molecule has 1 saturated heterocycles. The van der Waals surface area contributed by atoms with E-state index in [2.05, 4.69) is 17.6 Å². The minimum absolute atomic E-state index is 0.0905. The van der Waals surface area contributed by atoms with E-state index in [1.165, 1.54) is 24.3 Å². The third-order valence-corrected chi connectivity index (χ3v) is 6.22. The number of hydrogen-bond donors (Lipinski definition) is 1. The summed E-state index contributed by atoms with van der Waals surface area (Å²) in [5.41, 5.74) is 2.41. The number of benzene rings is 1. The highest BCUT2D eigenvalue weighted by Gasteiger charge is 2.67. The average molecular weight is 353 g/mol. The van der Waals surface area contributed by atoms with Gasteiger partial charge in [0.25, 0.3) is 23.4 Å². The fourth-order valence-electron chi connectivity index (χ4n) is 4.97. The summed E-state index contributed by atoms with van der Waals surface area (Å²) in [4.78, 5) is 48.1. The van der Waals surface area contributed by atoms with Crippen molar-refractivity contribution in [3.8, 4) is 0 Å². The van der Waals surface area contributed by atoms with Gasteiger partial charge < -0.3 is 0 Å². The Morgan fingerprint density at radius 2 is 1.58 bits per heavy atom. The fourth-order valence-corrected chi connectivity index (χ4v) is 4.97. The lowest BCUT2D eigenvalue weighted by Crippen LogP contribution is -2.46. The van der Waals surface area contributed by atoms with Crippen LogP contribution in [-0.4, -0.2) is 27.7 Å². The van der Waals surface area contributed by atoms with Crippen LogP contribution in [0.4, 0.5) is 5.69 Å². The van der Waals surface area contributed by atoms with Crippen molar-refractivity contribution in [3.05, 3.63) is 52.1 Å². The maximum atomic E-state index is 12.8. The maximum absolute atomic E-state index is 12.8. The number of nitrogens with zero attached hydrogens (tertiary/aromatic N) is 2. The Morgan fingerprint density at radius 1 is 1.04 bits per heavy atom. The summed E-state index contributed by atoms with van der Waals surface area (Å²) in [5, 5.41) is 11.5. The van der Waals surface area contributed by atoms with Crippen LogP contribution >= 0.6 is 0 Å². The molecule has 0 spiro atoms. The summed E-state index contributed by atoms with van der Waals surface area (Å²) in [7, 11) is 0. The number of amides is 3. The molecular weight excluding hydrogens is 338 g/mol. The van der Waals surface area contributed by atoms with Gasteiger partial charge in [-0.2, -0.15) is 5.01 Å². The second-order valence-corrected chi connectivity index (χ2v) is 7.41. The smallest absolute Gasteiger partial charge is 0.270 e. The average Bonchev–Trinajstić information content (AvgIpc) is 3.43. The van der Waals surface area contributed by atoms with E-state index < -0.39 is 10.8 Å². The third-order valence-electron chi connectivity index (χ3n) is 6.22. The summed E-state index contributed by atoms with van der Waals surface area (Å²) < 4.78 is 0. The molecule has 2 bridgehead atoms. The molecule has 2 saturated carbocycles. The molecule has 3 fully saturated rings. The normalized spacial score (nSPS) is 35.9. The van der Waals surface area contributed by atoms with Crippen molar-refractivity contribution in [2.24, 2.45) is 35.5 Å². The number of allylic oxidation sites excluding steroid dienone is 2.